The first kappa shape index (κ1) is 13.1. The summed E-state index contributed by atoms with van der Waals surface area (Å²) in [6.45, 7) is 0. The Labute approximate surface area is 125 Å². The number of para-hydroxylation sites is 1. The van der Waals surface area contributed by atoms with Crippen LogP contribution in [0.25, 0.3) is 10.2 Å². The molecule has 0 amide bonds. The summed E-state index contributed by atoms with van der Waals surface area (Å²) in [5.41, 5.74) is 7.64. The molecule has 3 nitrogen and oxygen atoms in total. The number of benzene rings is 2. The van der Waals surface area contributed by atoms with Gasteiger partial charge in [0, 0.05) is 16.3 Å². The predicted octanol–water partition coefficient (Wildman–Crippen LogP) is 3.96. The fourth-order valence-electron chi connectivity index (χ4n) is 2.01. The van der Waals surface area contributed by atoms with Crippen LogP contribution in [0, 0.1) is 0 Å². The van der Waals surface area contributed by atoms with E-state index in [-0.39, 0.29) is 12.2 Å². The molecular formula is C15H11ClN2OS. The van der Waals surface area contributed by atoms with Crippen molar-refractivity contribution in [2.75, 3.05) is 5.73 Å². The highest BCUT2D eigenvalue weighted by Crippen LogP contribution is 2.24. The number of ketones is 1. The molecule has 5 heteroatoms. The summed E-state index contributed by atoms with van der Waals surface area (Å²) in [5.74, 6) is -0.0294. The fourth-order valence-corrected chi connectivity index (χ4v) is 3.22. The number of fused-ring (bicyclic) bond motifs is 1. The summed E-state index contributed by atoms with van der Waals surface area (Å²) in [5, 5.41) is 1.27. The molecular weight excluding hydrogens is 292 g/mol. The minimum atomic E-state index is -0.0294. The van der Waals surface area contributed by atoms with Gasteiger partial charge in [0.2, 0.25) is 0 Å². The molecule has 0 radical (unpaired) electrons. The maximum atomic E-state index is 12.2. The van der Waals surface area contributed by atoms with Crippen molar-refractivity contribution in [1.29, 1.82) is 0 Å². The minimum Gasteiger partial charge on any atom is -0.399 e. The number of hydrogen-bond donors (Lipinski definition) is 1. The van der Waals surface area contributed by atoms with Gasteiger partial charge in [0.05, 0.1) is 16.6 Å². The molecule has 0 spiro atoms. The Morgan fingerprint density at radius 2 is 2.05 bits per heavy atom. The van der Waals surface area contributed by atoms with Gasteiger partial charge in [-0.05, 0) is 30.3 Å². The van der Waals surface area contributed by atoms with E-state index >= 15 is 0 Å². The van der Waals surface area contributed by atoms with Gasteiger partial charge in [-0.2, -0.15) is 0 Å². The van der Waals surface area contributed by atoms with E-state index in [0.29, 0.717) is 16.3 Å². The number of aromatic nitrogens is 1. The van der Waals surface area contributed by atoms with Crippen molar-refractivity contribution in [1.82, 2.24) is 4.98 Å². The second-order valence-electron chi connectivity index (χ2n) is 4.45. The lowest BCUT2D eigenvalue weighted by atomic mass is 10.1. The number of Topliss-reactive ketones (excluding diaryl/α,β-unsaturated/α-hetero) is 1. The van der Waals surface area contributed by atoms with E-state index < -0.39 is 0 Å². The highest BCUT2D eigenvalue weighted by Gasteiger charge is 2.12. The van der Waals surface area contributed by atoms with Gasteiger partial charge in [-0.25, -0.2) is 4.98 Å². The first-order valence-electron chi connectivity index (χ1n) is 6.05. The van der Waals surface area contributed by atoms with E-state index in [1.54, 1.807) is 18.2 Å². The Morgan fingerprint density at radius 3 is 2.80 bits per heavy atom. The quantitative estimate of drug-likeness (QED) is 0.588. The lowest BCUT2D eigenvalue weighted by molar-refractivity contribution is 0.0993. The second-order valence-corrected chi connectivity index (χ2v) is 6.00. The number of rotatable bonds is 3. The summed E-state index contributed by atoms with van der Waals surface area (Å²) >= 11 is 7.45. The lowest BCUT2D eigenvalue weighted by Crippen LogP contribution is -2.04. The summed E-state index contributed by atoms with van der Waals surface area (Å²) < 4.78 is 1.08. The van der Waals surface area contributed by atoms with Crippen LogP contribution >= 0.6 is 22.9 Å². The van der Waals surface area contributed by atoms with Crippen LogP contribution in [-0.4, -0.2) is 10.8 Å². The SMILES string of the molecule is Nc1cc(Cl)cc(C(=O)Cc2nc3ccccc3s2)c1. The maximum Gasteiger partial charge on any atom is 0.169 e. The van der Waals surface area contributed by atoms with Gasteiger partial charge in [0.15, 0.2) is 5.78 Å². The van der Waals surface area contributed by atoms with E-state index in [2.05, 4.69) is 4.98 Å². The molecule has 3 rings (SSSR count). The van der Waals surface area contributed by atoms with Crippen LogP contribution in [0.5, 0.6) is 0 Å². The largest absolute Gasteiger partial charge is 0.399 e. The highest BCUT2D eigenvalue weighted by molar-refractivity contribution is 7.18. The zero-order valence-corrected chi connectivity index (χ0v) is 12.0. The van der Waals surface area contributed by atoms with Gasteiger partial charge < -0.3 is 5.73 Å². The first-order chi connectivity index (χ1) is 9.61. The van der Waals surface area contributed by atoms with E-state index in [0.717, 1.165) is 15.2 Å². The van der Waals surface area contributed by atoms with Crippen LogP contribution in [0.1, 0.15) is 15.4 Å². The van der Waals surface area contributed by atoms with Crippen LogP contribution < -0.4 is 5.73 Å². The first-order valence-corrected chi connectivity index (χ1v) is 7.25. The lowest BCUT2D eigenvalue weighted by Gasteiger charge is -2.01. The number of nitrogens with zero attached hydrogens (tertiary/aromatic N) is 1. The number of carbonyl (C=O) groups is 1. The molecule has 0 atom stereocenters. The summed E-state index contributed by atoms with van der Waals surface area (Å²) in [6, 6.07) is 12.7. The number of thiazole rings is 1. The van der Waals surface area contributed by atoms with Gasteiger partial charge >= 0.3 is 0 Å². The molecule has 0 saturated carbocycles. The standard InChI is InChI=1S/C15H11ClN2OS/c16-10-5-9(6-11(17)7-10)13(19)8-15-18-12-3-1-2-4-14(12)20-15/h1-7H,8,17H2. The van der Waals surface area contributed by atoms with Crippen molar-refractivity contribution < 1.29 is 4.79 Å². The van der Waals surface area contributed by atoms with E-state index in [1.165, 1.54) is 11.3 Å². The Hall–Kier alpha value is -1.91. The molecule has 0 fully saturated rings. The number of nitrogen functional groups attached to an aromatic ring is 1. The molecule has 0 bridgehead atoms. The Bertz CT molecular complexity index is 744. The van der Waals surface area contributed by atoms with Crippen molar-refractivity contribution in [2.45, 2.75) is 6.42 Å². The zero-order chi connectivity index (χ0) is 14.1. The molecule has 0 aliphatic carbocycles. The van der Waals surface area contributed by atoms with Gasteiger partial charge in [-0.15, -0.1) is 11.3 Å². The molecule has 0 aliphatic heterocycles. The predicted molar refractivity (Wildman–Crippen MR) is 83.5 cm³/mol. The number of halogens is 1. The van der Waals surface area contributed by atoms with E-state index in [9.17, 15) is 4.79 Å². The Kier molecular flexibility index (Phi) is 3.42. The van der Waals surface area contributed by atoms with Crippen LogP contribution in [-0.2, 0) is 6.42 Å². The average molecular weight is 303 g/mol. The van der Waals surface area contributed by atoms with Crippen LogP contribution in [0.2, 0.25) is 5.02 Å². The van der Waals surface area contributed by atoms with Crippen molar-refractivity contribution >= 4 is 44.6 Å². The summed E-state index contributed by atoms with van der Waals surface area (Å²) in [7, 11) is 0. The van der Waals surface area contributed by atoms with Crippen LogP contribution in [0.3, 0.4) is 0 Å². The molecule has 0 aliphatic rings. The maximum absolute atomic E-state index is 12.2. The monoisotopic (exact) mass is 302 g/mol. The summed E-state index contributed by atoms with van der Waals surface area (Å²) in [6.07, 6.45) is 0.263. The van der Waals surface area contributed by atoms with Gasteiger partial charge in [-0.1, -0.05) is 23.7 Å². The number of carbonyl (C=O) groups excluding carboxylic acids is 1. The van der Waals surface area contributed by atoms with Crippen LogP contribution in [0.4, 0.5) is 5.69 Å². The second kappa shape index (κ2) is 5.23. The van der Waals surface area contributed by atoms with Crippen molar-refractivity contribution in [3.63, 3.8) is 0 Å². The summed E-state index contributed by atoms with van der Waals surface area (Å²) in [4.78, 5) is 16.7. The fraction of sp³-hybridized carbons (Fsp3) is 0.0667. The molecule has 0 saturated heterocycles. The van der Waals surface area contributed by atoms with Crippen molar-refractivity contribution in [2.24, 2.45) is 0 Å². The zero-order valence-electron chi connectivity index (χ0n) is 10.5. The third-order valence-corrected chi connectivity index (χ3v) is 4.15. The Morgan fingerprint density at radius 1 is 1.25 bits per heavy atom. The molecule has 0 unspecified atom stereocenters. The smallest absolute Gasteiger partial charge is 0.169 e. The number of nitrogens with two attached hydrogens (primary N) is 1. The van der Waals surface area contributed by atoms with Crippen molar-refractivity contribution in [3.05, 3.63) is 58.1 Å². The van der Waals surface area contributed by atoms with E-state index in [1.807, 2.05) is 24.3 Å². The molecule has 2 aromatic carbocycles. The van der Waals surface area contributed by atoms with Gasteiger partial charge in [-0.3, -0.25) is 4.79 Å². The van der Waals surface area contributed by atoms with Gasteiger partial charge in [0.1, 0.15) is 5.01 Å². The average Bonchev–Trinajstić information content (AvgIpc) is 2.79. The number of hydrogen-bond acceptors (Lipinski definition) is 4. The molecule has 1 heterocycles. The molecule has 1 aromatic heterocycles. The molecule has 3 aromatic rings. The minimum absolute atomic E-state index is 0.0294. The third kappa shape index (κ3) is 2.66. The molecule has 100 valence electrons. The highest BCUT2D eigenvalue weighted by atomic mass is 35.5. The normalized spacial score (nSPS) is 10.8. The Balaban J connectivity index is 1.88. The van der Waals surface area contributed by atoms with Crippen molar-refractivity contribution in [3.8, 4) is 0 Å². The molecule has 20 heavy (non-hydrogen) atoms. The van der Waals surface area contributed by atoms with Gasteiger partial charge in [0.25, 0.3) is 0 Å². The van der Waals surface area contributed by atoms with Crippen LogP contribution in [0.15, 0.2) is 42.5 Å². The van der Waals surface area contributed by atoms with E-state index in [4.69, 9.17) is 17.3 Å². The molecule has 2 N–H and O–H groups in total. The third-order valence-electron chi connectivity index (χ3n) is 2.89. The number of anilines is 1. The topological polar surface area (TPSA) is 56.0 Å².